The van der Waals surface area contributed by atoms with Gasteiger partial charge in [-0.2, -0.15) is 0 Å². The summed E-state index contributed by atoms with van der Waals surface area (Å²) in [7, 11) is 0. The average Bonchev–Trinajstić information content (AvgIpc) is 2.55. The second-order valence-electron chi connectivity index (χ2n) is 3.76. The second-order valence-corrected chi connectivity index (χ2v) is 5.57. The predicted octanol–water partition coefficient (Wildman–Crippen LogP) is 3.07. The molecule has 1 saturated heterocycles. The van der Waals surface area contributed by atoms with Gasteiger partial charge in [-0.05, 0) is 41.2 Å². The Bertz CT molecular complexity index is 375. The minimum Gasteiger partial charge on any atom is -0.438 e. The van der Waals surface area contributed by atoms with Gasteiger partial charge in [-0.3, -0.25) is 0 Å². The molecule has 1 N–H and O–H groups in total. The molecule has 1 aliphatic heterocycles. The molecule has 14 heavy (non-hydrogen) atoms. The summed E-state index contributed by atoms with van der Waals surface area (Å²) in [6.45, 7) is 3.91. The molecule has 1 atom stereocenters. The van der Waals surface area contributed by atoms with E-state index < -0.39 is 0 Å². The largest absolute Gasteiger partial charge is 0.438 e. The number of carbonyl (C=O) groups is 1. The number of hydrogen-bond acceptors (Lipinski definition) is 3. The Morgan fingerprint density at radius 1 is 1.64 bits per heavy atom. The lowest BCUT2D eigenvalue weighted by atomic mass is 9.97. The van der Waals surface area contributed by atoms with Gasteiger partial charge >= 0.3 is 6.09 Å². The van der Waals surface area contributed by atoms with E-state index >= 15 is 0 Å². The standard InChI is InChI=1S/C9H10BrNO2S/c1-9(2)7(13-8(12)11-9)6-5(10)3-4-14-6/h3-4,7H,1-2H3,(H,11,12). The van der Waals surface area contributed by atoms with Gasteiger partial charge in [0.05, 0.1) is 10.4 Å². The molecule has 0 radical (unpaired) electrons. The Morgan fingerprint density at radius 2 is 2.36 bits per heavy atom. The van der Waals surface area contributed by atoms with Crippen molar-refractivity contribution >= 4 is 33.4 Å². The minimum atomic E-state index is -0.347. The zero-order valence-electron chi connectivity index (χ0n) is 7.83. The number of cyclic esters (lactones) is 1. The minimum absolute atomic E-state index is 0.204. The molecule has 1 aromatic rings. The Morgan fingerprint density at radius 3 is 2.79 bits per heavy atom. The topological polar surface area (TPSA) is 38.3 Å². The van der Waals surface area contributed by atoms with Crippen LogP contribution in [0.2, 0.25) is 0 Å². The summed E-state index contributed by atoms with van der Waals surface area (Å²) in [6.07, 6.45) is -0.551. The van der Waals surface area contributed by atoms with Gasteiger partial charge in [0.1, 0.15) is 0 Å². The van der Waals surface area contributed by atoms with E-state index in [1.165, 1.54) is 0 Å². The Labute approximate surface area is 94.6 Å². The molecule has 0 aromatic carbocycles. The third-order valence-electron chi connectivity index (χ3n) is 2.19. The quantitative estimate of drug-likeness (QED) is 0.856. The van der Waals surface area contributed by atoms with Gasteiger partial charge in [0.25, 0.3) is 0 Å². The van der Waals surface area contributed by atoms with Crippen molar-refractivity contribution in [1.82, 2.24) is 5.32 Å². The average molecular weight is 276 g/mol. The SMILES string of the molecule is CC1(C)NC(=O)OC1c1sccc1Br. The molecule has 2 rings (SSSR count). The molecule has 1 aliphatic rings. The molecule has 1 amide bonds. The van der Waals surface area contributed by atoms with Crippen LogP contribution in [0.4, 0.5) is 4.79 Å². The predicted molar refractivity (Wildman–Crippen MR) is 58.5 cm³/mol. The third-order valence-corrected chi connectivity index (χ3v) is 4.10. The van der Waals surface area contributed by atoms with Crippen LogP contribution in [0.3, 0.4) is 0 Å². The molecule has 5 heteroatoms. The van der Waals surface area contributed by atoms with Crippen LogP contribution in [0.5, 0.6) is 0 Å². The van der Waals surface area contributed by atoms with Crippen molar-refractivity contribution in [2.24, 2.45) is 0 Å². The lowest BCUT2D eigenvalue weighted by molar-refractivity contribution is 0.119. The smallest absolute Gasteiger partial charge is 0.408 e. The zero-order valence-corrected chi connectivity index (χ0v) is 10.2. The molecule has 2 heterocycles. The van der Waals surface area contributed by atoms with Crippen LogP contribution in [0.1, 0.15) is 24.8 Å². The molecular weight excluding hydrogens is 266 g/mol. The summed E-state index contributed by atoms with van der Waals surface area (Å²) in [5.41, 5.74) is -0.343. The summed E-state index contributed by atoms with van der Waals surface area (Å²) in [5.74, 6) is 0. The van der Waals surface area contributed by atoms with E-state index in [1.54, 1.807) is 11.3 Å². The summed E-state index contributed by atoms with van der Waals surface area (Å²) < 4.78 is 6.23. The number of nitrogens with one attached hydrogen (secondary N) is 1. The fourth-order valence-corrected chi connectivity index (χ4v) is 3.28. The number of halogens is 1. The summed E-state index contributed by atoms with van der Waals surface area (Å²) in [6, 6.07) is 1.96. The number of carbonyl (C=O) groups excluding carboxylic acids is 1. The molecule has 0 bridgehead atoms. The van der Waals surface area contributed by atoms with Crippen LogP contribution >= 0.6 is 27.3 Å². The normalized spacial score (nSPS) is 24.5. The molecular formula is C9H10BrNO2S. The fraction of sp³-hybridized carbons (Fsp3) is 0.444. The van der Waals surface area contributed by atoms with Crippen LogP contribution in [0, 0.1) is 0 Å². The summed E-state index contributed by atoms with van der Waals surface area (Å²) in [4.78, 5) is 12.2. The lowest BCUT2D eigenvalue weighted by Crippen LogP contribution is -2.38. The molecule has 1 aromatic heterocycles. The van der Waals surface area contributed by atoms with E-state index in [0.717, 1.165) is 9.35 Å². The maximum Gasteiger partial charge on any atom is 0.408 e. The highest BCUT2D eigenvalue weighted by Crippen LogP contribution is 2.40. The Hall–Kier alpha value is -0.550. The zero-order chi connectivity index (χ0) is 10.3. The van der Waals surface area contributed by atoms with Crippen molar-refractivity contribution in [2.75, 3.05) is 0 Å². The number of amides is 1. The van der Waals surface area contributed by atoms with Crippen molar-refractivity contribution in [3.63, 3.8) is 0 Å². The fourth-order valence-electron chi connectivity index (χ4n) is 1.49. The van der Waals surface area contributed by atoms with Crippen LogP contribution in [-0.4, -0.2) is 11.6 Å². The van der Waals surface area contributed by atoms with Crippen molar-refractivity contribution < 1.29 is 9.53 Å². The summed E-state index contributed by atoms with van der Waals surface area (Å²) in [5, 5.41) is 4.76. The first-order chi connectivity index (χ1) is 6.50. The van der Waals surface area contributed by atoms with Gasteiger partial charge in [0.2, 0.25) is 0 Å². The highest BCUT2D eigenvalue weighted by molar-refractivity contribution is 9.10. The number of alkyl carbamates (subject to hydrolysis) is 1. The van der Waals surface area contributed by atoms with E-state index in [1.807, 2.05) is 25.3 Å². The molecule has 3 nitrogen and oxygen atoms in total. The van der Waals surface area contributed by atoms with Crippen molar-refractivity contribution in [3.8, 4) is 0 Å². The monoisotopic (exact) mass is 275 g/mol. The first-order valence-corrected chi connectivity index (χ1v) is 5.89. The van der Waals surface area contributed by atoms with E-state index in [4.69, 9.17) is 4.74 Å². The second kappa shape index (κ2) is 3.24. The van der Waals surface area contributed by atoms with Gasteiger partial charge in [0.15, 0.2) is 6.10 Å². The van der Waals surface area contributed by atoms with Gasteiger partial charge < -0.3 is 10.1 Å². The van der Waals surface area contributed by atoms with Crippen molar-refractivity contribution in [2.45, 2.75) is 25.5 Å². The van der Waals surface area contributed by atoms with Crippen LogP contribution in [-0.2, 0) is 4.74 Å². The van der Waals surface area contributed by atoms with E-state index in [9.17, 15) is 4.79 Å². The van der Waals surface area contributed by atoms with E-state index in [2.05, 4.69) is 21.2 Å². The molecule has 0 saturated carbocycles. The number of ether oxygens (including phenoxy) is 1. The highest BCUT2D eigenvalue weighted by atomic mass is 79.9. The highest BCUT2D eigenvalue weighted by Gasteiger charge is 2.43. The van der Waals surface area contributed by atoms with Crippen LogP contribution in [0.25, 0.3) is 0 Å². The van der Waals surface area contributed by atoms with Gasteiger partial charge in [-0.15, -0.1) is 11.3 Å². The van der Waals surface area contributed by atoms with Gasteiger partial charge in [-0.1, -0.05) is 0 Å². The van der Waals surface area contributed by atoms with Crippen LogP contribution < -0.4 is 5.32 Å². The van der Waals surface area contributed by atoms with E-state index in [0.29, 0.717) is 0 Å². The van der Waals surface area contributed by atoms with Crippen molar-refractivity contribution in [3.05, 3.63) is 20.8 Å². The first-order valence-electron chi connectivity index (χ1n) is 4.22. The third kappa shape index (κ3) is 1.54. The first kappa shape index (κ1) is 9.98. The van der Waals surface area contributed by atoms with E-state index in [-0.39, 0.29) is 17.7 Å². The number of rotatable bonds is 1. The maximum atomic E-state index is 11.1. The van der Waals surface area contributed by atoms with Crippen LogP contribution in [0.15, 0.2) is 15.9 Å². The Kier molecular flexibility index (Phi) is 2.31. The number of hydrogen-bond donors (Lipinski definition) is 1. The molecule has 0 spiro atoms. The molecule has 0 aliphatic carbocycles. The number of thiophene rings is 1. The Balaban J connectivity index is 2.36. The maximum absolute atomic E-state index is 11.1. The van der Waals surface area contributed by atoms with Gasteiger partial charge in [-0.25, -0.2) is 4.79 Å². The van der Waals surface area contributed by atoms with Gasteiger partial charge in [0, 0.05) is 4.47 Å². The molecule has 76 valence electrons. The molecule has 1 unspecified atom stereocenters. The van der Waals surface area contributed by atoms with Crippen molar-refractivity contribution in [1.29, 1.82) is 0 Å². The molecule has 1 fully saturated rings. The lowest BCUT2D eigenvalue weighted by Gasteiger charge is -2.22. The summed E-state index contributed by atoms with van der Waals surface area (Å²) >= 11 is 5.03.